The summed E-state index contributed by atoms with van der Waals surface area (Å²) >= 11 is 0. The molecule has 0 radical (unpaired) electrons. The summed E-state index contributed by atoms with van der Waals surface area (Å²) in [6, 6.07) is 11.1. The predicted octanol–water partition coefficient (Wildman–Crippen LogP) is 4.40. The number of carbonyl (C=O) groups excluding carboxylic acids is 2. The van der Waals surface area contributed by atoms with Crippen LogP contribution in [-0.2, 0) is 0 Å². The van der Waals surface area contributed by atoms with Gasteiger partial charge in [-0.1, -0.05) is 44.5 Å². The molecule has 0 spiro atoms. The molecule has 4 heteroatoms. The van der Waals surface area contributed by atoms with E-state index in [-0.39, 0.29) is 11.6 Å². The van der Waals surface area contributed by atoms with E-state index in [0.717, 1.165) is 30.8 Å². The highest BCUT2D eigenvalue weighted by Gasteiger charge is 2.35. The Hall–Kier alpha value is -2.62. The first-order valence-electron chi connectivity index (χ1n) is 9.60. The number of hydrogen-bond acceptors (Lipinski definition) is 4. The first-order chi connectivity index (χ1) is 12.9. The molecule has 0 saturated carbocycles. The Balaban J connectivity index is 2.17. The summed E-state index contributed by atoms with van der Waals surface area (Å²) in [5, 5.41) is 0. The average molecular weight is 364 g/mol. The van der Waals surface area contributed by atoms with Crippen molar-refractivity contribution < 1.29 is 9.59 Å². The number of ketones is 2. The highest BCUT2D eigenvalue weighted by molar-refractivity contribution is 6.32. The third kappa shape index (κ3) is 3.36. The second-order valence-electron chi connectivity index (χ2n) is 7.73. The molecule has 4 nitrogen and oxygen atoms in total. The summed E-state index contributed by atoms with van der Waals surface area (Å²) in [5.74, 6) is 0.389. The number of hydrogen-bond donors (Lipinski definition) is 0. The van der Waals surface area contributed by atoms with Crippen molar-refractivity contribution in [2.75, 3.05) is 37.5 Å². The van der Waals surface area contributed by atoms with Crippen molar-refractivity contribution in [3.63, 3.8) is 0 Å². The molecule has 1 atom stereocenters. The zero-order chi connectivity index (χ0) is 19.7. The lowest BCUT2D eigenvalue weighted by molar-refractivity contribution is 0.0980. The minimum absolute atomic E-state index is 0.0612. The van der Waals surface area contributed by atoms with Crippen LogP contribution in [0, 0.1) is 5.92 Å². The SMILES string of the molecule is CCCC(C)CN(C)c1ccc(N(C)C)c2c1C(=O)c1ccccc1C2=O. The summed E-state index contributed by atoms with van der Waals surface area (Å²) in [5.41, 5.74) is 3.69. The first-order valence-corrected chi connectivity index (χ1v) is 9.60. The molecule has 0 heterocycles. The second kappa shape index (κ2) is 7.55. The van der Waals surface area contributed by atoms with Crippen LogP contribution in [-0.4, -0.2) is 39.3 Å². The van der Waals surface area contributed by atoms with Gasteiger partial charge < -0.3 is 9.80 Å². The maximum absolute atomic E-state index is 13.4. The maximum Gasteiger partial charge on any atom is 0.196 e. The van der Waals surface area contributed by atoms with Gasteiger partial charge in [0.05, 0.1) is 11.1 Å². The van der Waals surface area contributed by atoms with E-state index < -0.39 is 0 Å². The van der Waals surface area contributed by atoms with Crippen molar-refractivity contribution in [1.29, 1.82) is 0 Å². The van der Waals surface area contributed by atoms with Crippen LogP contribution in [0.4, 0.5) is 11.4 Å². The Morgan fingerprint density at radius 2 is 1.37 bits per heavy atom. The van der Waals surface area contributed by atoms with Gasteiger partial charge in [0.1, 0.15) is 0 Å². The highest BCUT2D eigenvalue weighted by Crippen LogP contribution is 2.38. The molecule has 1 aliphatic rings. The molecule has 1 aliphatic carbocycles. The zero-order valence-corrected chi connectivity index (χ0v) is 16.9. The minimum Gasteiger partial charge on any atom is -0.377 e. The van der Waals surface area contributed by atoms with Crippen LogP contribution in [0.3, 0.4) is 0 Å². The normalized spacial score (nSPS) is 13.8. The quantitative estimate of drug-likeness (QED) is 0.650. The van der Waals surface area contributed by atoms with Crippen molar-refractivity contribution in [1.82, 2.24) is 0 Å². The van der Waals surface area contributed by atoms with Crippen LogP contribution in [0.25, 0.3) is 0 Å². The molecular formula is C23H28N2O2. The van der Waals surface area contributed by atoms with Gasteiger partial charge in [0.25, 0.3) is 0 Å². The van der Waals surface area contributed by atoms with E-state index in [4.69, 9.17) is 0 Å². The van der Waals surface area contributed by atoms with E-state index in [1.807, 2.05) is 50.3 Å². The number of benzene rings is 2. The minimum atomic E-state index is -0.0687. The third-order valence-electron chi connectivity index (χ3n) is 5.29. The van der Waals surface area contributed by atoms with Gasteiger partial charge in [-0.05, 0) is 24.5 Å². The average Bonchev–Trinajstić information content (AvgIpc) is 2.65. The summed E-state index contributed by atoms with van der Waals surface area (Å²) in [4.78, 5) is 30.7. The Kier molecular flexibility index (Phi) is 5.36. The van der Waals surface area contributed by atoms with E-state index in [2.05, 4.69) is 18.7 Å². The van der Waals surface area contributed by atoms with Gasteiger partial charge in [-0.15, -0.1) is 0 Å². The largest absolute Gasteiger partial charge is 0.377 e. The zero-order valence-electron chi connectivity index (χ0n) is 16.9. The van der Waals surface area contributed by atoms with E-state index >= 15 is 0 Å². The van der Waals surface area contributed by atoms with Gasteiger partial charge in [-0.3, -0.25) is 9.59 Å². The molecule has 0 amide bonds. The van der Waals surface area contributed by atoms with E-state index in [0.29, 0.717) is 28.2 Å². The van der Waals surface area contributed by atoms with Crippen LogP contribution < -0.4 is 9.80 Å². The van der Waals surface area contributed by atoms with Gasteiger partial charge >= 0.3 is 0 Å². The van der Waals surface area contributed by atoms with Crippen LogP contribution in [0.1, 0.15) is 58.5 Å². The molecule has 2 aromatic rings. The second-order valence-corrected chi connectivity index (χ2v) is 7.73. The topological polar surface area (TPSA) is 40.6 Å². The maximum atomic E-state index is 13.4. The van der Waals surface area contributed by atoms with E-state index in [1.54, 1.807) is 12.1 Å². The lowest BCUT2D eigenvalue weighted by Crippen LogP contribution is -2.30. The number of anilines is 2. The van der Waals surface area contributed by atoms with Gasteiger partial charge in [-0.25, -0.2) is 0 Å². The van der Waals surface area contributed by atoms with Gasteiger partial charge in [0.2, 0.25) is 0 Å². The fraction of sp³-hybridized carbons (Fsp3) is 0.391. The molecule has 0 aromatic heterocycles. The van der Waals surface area contributed by atoms with E-state index in [1.165, 1.54) is 0 Å². The Morgan fingerprint density at radius 1 is 0.852 bits per heavy atom. The molecule has 2 aromatic carbocycles. The molecule has 0 saturated heterocycles. The standard InChI is InChI=1S/C23H28N2O2/c1-6-9-15(2)14-25(5)19-13-12-18(24(3)4)20-21(19)23(27)17-11-8-7-10-16(17)22(20)26/h7-8,10-13,15H,6,9,14H2,1-5H3. The van der Waals surface area contributed by atoms with Crippen molar-refractivity contribution >= 4 is 22.9 Å². The molecule has 142 valence electrons. The smallest absolute Gasteiger partial charge is 0.196 e. The first kappa shape index (κ1) is 19.2. The Bertz CT molecular complexity index is 886. The summed E-state index contributed by atoms with van der Waals surface area (Å²) in [6.07, 6.45) is 2.27. The fourth-order valence-electron chi connectivity index (χ4n) is 4.03. The van der Waals surface area contributed by atoms with Crippen molar-refractivity contribution in [2.45, 2.75) is 26.7 Å². The molecule has 1 unspecified atom stereocenters. The number of nitrogens with zero attached hydrogens (tertiary/aromatic N) is 2. The fourth-order valence-corrected chi connectivity index (χ4v) is 4.03. The molecule has 0 aliphatic heterocycles. The van der Waals surface area contributed by atoms with E-state index in [9.17, 15) is 9.59 Å². The van der Waals surface area contributed by atoms with Crippen molar-refractivity contribution in [2.24, 2.45) is 5.92 Å². The lowest BCUT2D eigenvalue weighted by Gasteiger charge is -2.30. The highest BCUT2D eigenvalue weighted by atomic mass is 16.1. The Labute approximate surface area is 161 Å². The number of rotatable bonds is 6. The molecule has 3 rings (SSSR count). The Morgan fingerprint density at radius 3 is 1.89 bits per heavy atom. The summed E-state index contributed by atoms with van der Waals surface area (Å²) < 4.78 is 0. The number of carbonyl (C=O) groups is 2. The molecular weight excluding hydrogens is 336 g/mol. The molecule has 0 fully saturated rings. The summed E-state index contributed by atoms with van der Waals surface area (Å²) in [6.45, 7) is 5.26. The molecule has 0 N–H and O–H groups in total. The van der Waals surface area contributed by atoms with Gasteiger partial charge in [0, 0.05) is 50.2 Å². The predicted molar refractivity (Wildman–Crippen MR) is 111 cm³/mol. The van der Waals surface area contributed by atoms with Crippen LogP contribution in [0.2, 0.25) is 0 Å². The molecule has 27 heavy (non-hydrogen) atoms. The number of fused-ring (bicyclic) bond motifs is 2. The van der Waals surface area contributed by atoms with Crippen molar-refractivity contribution in [3.8, 4) is 0 Å². The van der Waals surface area contributed by atoms with Crippen LogP contribution in [0.15, 0.2) is 36.4 Å². The van der Waals surface area contributed by atoms with Crippen LogP contribution in [0.5, 0.6) is 0 Å². The third-order valence-corrected chi connectivity index (χ3v) is 5.29. The van der Waals surface area contributed by atoms with Gasteiger partial charge in [0.15, 0.2) is 11.6 Å². The van der Waals surface area contributed by atoms with Crippen LogP contribution >= 0.6 is 0 Å². The van der Waals surface area contributed by atoms with Crippen molar-refractivity contribution in [3.05, 3.63) is 58.7 Å². The monoisotopic (exact) mass is 364 g/mol. The summed E-state index contributed by atoms with van der Waals surface area (Å²) in [7, 11) is 5.82. The lowest BCUT2D eigenvalue weighted by atomic mass is 9.82. The van der Waals surface area contributed by atoms with Gasteiger partial charge in [-0.2, -0.15) is 0 Å². The molecule has 0 bridgehead atoms.